The van der Waals surface area contributed by atoms with Crippen molar-refractivity contribution in [3.63, 3.8) is 0 Å². The Morgan fingerprint density at radius 2 is 1.63 bits per heavy atom. The predicted octanol–water partition coefficient (Wildman–Crippen LogP) is 2.94. The number of para-hydroxylation sites is 1. The van der Waals surface area contributed by atoms with Gasteiger partial charge in [-0.25, -0.2) is 0 Å². The van der Waals surface area contributed by atoms with Gasteiger partial charge in [0, 0.05) is 49.5 Å². The van der Waals surface area contributed by atoms with E-state index in [1.165, 1.54) is 6.20 Å². The number of fused-ring (bicyclic) bond motifs is 1. The molecule has 3 aromatic rings. The lowest BCUT2D eigenvalue weighted by molar-refractivity contribution is -0.134. The summed E-state index contributed by atoms with van der Waals surface area (Å²) in [5, 5.41) is 10.7. The Labute approximate surface area is 156 Å². The lowest BCUT2D eigenvalue weighted by Crippen LogP contribution is -2.21. The zero-order valence-corrected chi connectivity index (χ0v) is 15.3. The third-order valence-corrected chi connectivity index (χ3v) is 3.67. The molecule has 140 valence electrons. The molecule has 0 radical (unpaired) electrons. The van der Waals surface area contributed by atoms with E-state index in [0.29, 0.717) is 16.6 Å². The molecule has 0 bridgehead atoms. The molecule has 1 aromatic heterocycles. The number of pyridine rings is 1. The number of amides is 1. The summed E-state index contributed by atoms with van der Waals surface area (Å²) in [7, 11) is 3.89. The van der Waals surface area contributed by atoms with Gasteiger partial charge in [-0.2, -0.15) is 0 Å². The summed E-state index contributed by atoms with van der Waals surface area (Å²) in [6.45, 7) is 1.08. The summed E-state index contributed by atoms with van der Waals surface area (Å²) in [4.78, 5) is 38.7. The number of benzene rings is 2. The van der Waals surface area contributed by atoms with Gasteiger partial charge < -0.3 is 20.3 Å². The van der Waals surface area contributed by atoms with E-state index in [1.54, 1.807) is 18.2 Å². The molecular weight excluding hydrogens is 346 g/mol. The number of hydrogen-bond donors (Lipinski definition) is 3. The summed E-state index contributed by atoms with van der Waals surface area (Å²) in [6, 6.07) is 14.5. The fourth-order valence-electron chi connectivity index (χ4n) is 2.38. The fourth-order valence-corrected chi connectivity index (χ4v) is 2.38. The van der Waals surface area contributed by atoms with E-state index in [1.807, 2.05) is 49.3 Å². The highest BCUT2D eigenvalue weighted by molar-refractivity contribution is 6.05. The van der Waals surface area contributed by atoms with Crippen LogP contribution in [0.5, 0.6) is 0 Å². The van der Waals surface area contributed by atoms with Gasteiger partial charge in [-0.3, -0.25) is 14.4 Å². The number of anilines is 2. The molecule has 27 heavy (non-hydrogen) atoms. The normalized spacial score (nSPS) is 9.89. The highest BCUT2D eigenvalue weighted by Gasteiger charge is 2.13. The van der Waals surface area contributed by atoms with Crippen LogP contribution in [0.2, 0.25) is 0 Å². The standard InChI is InChI=1S/C18H17N3O2.C2H4O2/c1-21(2)13-9-7-12(8-10-13)20-18(23)15-11-19-16-6-4-3-5-14(16)17(15)22;1-2(3)4/h3-11H,1-2H3,(H,19,22)(H,20,23);1H3,(H,3,4). The van der Waals surface area contributed by atoms with Crippen molar-refractivity contribution in [2.45, 2.75) is 6.92 Å². The molecular formula is C20H21N3O4. The van der Waals surface area contributed by atoms with Crippen LogP contribution < -0.4 is 15.6 Å². The summed E-state index contributed by atoms with van der Waals surface area (Å²) in [6.07, 6.45) is 1.45. The average Bonchev–Trinajstić information content (AvgIpc) is 2.62. The van der Waals surface area contributed by atoms with Crippen molar-refractivity contribution in [1.29, 1.82) is 0 Å². The van der Waals surface area contributed by atoms with Gasteiger partial charge in [0.2, 0.25) is 5.43 Å². The molecule has 0 saturated heterocycles. The van der Waals surface area contributed by atoms with Gasteiger partial charge in [-0.1, -0.05) is 12.1 Å². The largest absolute Gasteiger partial charge is 0.481 e. The Bertz CT molecular complexity index is 1000. The van der Waals surface area contributed by atoms with E-state index >= 15 is 0 Å². The van der Waals surface area contributed by atoms with Crippen LogP contribution in [-0.4, -0.2) is 36.1 Å². The summed E-state index contributed by atoms with van der Waals surface area (Å²) in [5.74, 6) is -1.25. The molecule has 0 saturated carbocycles. The lowest BCUT2D eigenvalue weighted by atomic mass is 10.1. The van der Waals surface area contributed by atoms with Crippen LogP contribution in [0, 0.1) is 0 Å². The predicted molar refractivity (Wildman–Crippen MR) is 107 cm³/mol. The third kappa shape index (κ3) is 5.18. The van der Waals surface area contributed by atoms with Crippen LogP contribution in [0.4, 0.5) is 11.4 Å². The van der Waals surface area contributed by atoms with Gasteiger partial charge in [0.15, 0.2) is 0 Å². The van der Waals surface area contributed by atoms with Crippen LogP contribution in [0.3, 0.4) is 0 Å². The smallest absolute Gasteiger partial charge is 0.300 e. The Hall–Kier alpha value is -3.61. The van der Waals surface area contributed by atoms with E-state index in [2.05, 4.69) is 10.3 Å². The average molecular weight is 367 g/mol. The topological polar surface area (TPSA) is 102 Å². The first-order valence-electron chi connectivity index (χ1n) is 8.18. The summed E-state index contributed by atoms with van der Waals surface area (Å²) >= 11 is 0. The van der Waals surface area contributed by atoms with Crippen molar-refractivity contribution >= 4 is 34.2 Å². The number of H-pyrrole nitrogens is 1. The first-order valence-corrected chi connectivity index (χ1v) is 8.18. The first kappa shape index (κ1) is 19.7. The minimum Gasteiger partial charge on any atom is -0.481 e. The number of hydrogen-bond acceptors (Lipinski definition) is 4. The van der Waals surface area contributed by atoms with Gasteiger partial charge in [-0.05, 0) is 36.4 Å². The molecule has 1 amide bonds. The zero-order chi connectivity index (χ0) is 20.0. The van der Waals surface area contributed by atoms with Gasteiger partial charge >= 0.3 is 0 Å². The molecule has 3 rings (SSSR count). The maximum atomic E-state index is 12.4. The molecule has 0 unspecified atom stereocenters. The molecule has 1 heterocycles. The third-order valence-electron chi connectivity index (χ3n) is 3.67. The zero-order valence-electron chi connectivity index (χ0n) is 15.3. The number of nitrogens with one attached hydrogen (secondary N) is 2. The van der Waals surface area contributed by atoms with Gasteiger partial charge in [0.25, 0.3) is 11.9 Å². The quantitative estimate of drug-likeness (QED) is 0.660. The number of nitrogens with zero attached hydrogens (tertiary/aromatic N) is 1. The maximum absolute atomic E-state index is 12.4. The molecule has 0 aliphatic carbocycles. The second-order valence-corrected chi connectivity index (χ2v) is 5.99. The number of carboxylic acids is 1. The number of aliphatic carboxylic acids is 1. The summed E-state index contributed by atoms with van der Waals surface area (Å²) in [5.41, 5.74) is 2.21. The second kappa shape index (κ2) is 8.66. The Balaban J connectivity index is 0.000000596. The van der Waals surface area contributed by atoms with Crippen LogP contribution in [-0.2, 0) is 4.79 Å². The molecule has 2 aromatic carbocycles. The monoisotopic (exact) mass is 367 g/mol. The molecule has 7 nitrogen and oxygen atoms in total. The van der Waals surface area contributed by atoms with Crippen LogP contribution in [0.15, 0.2) is 59.5 Å². The minimum atomic E-state index is -0.833. The van der Waals surface area contributed by atoms with Crippen LogP contribution in [0.25, 0.3) is 10.9 Å². The molecule has 0 aliphatic heterocycles. The van der Waals surface area contributed by atoms with E-state index in [0.717, 1.165) is 12.6 Å². The van der Waals surface area contributed by atoms with Crippen molar-refractivity contribution in [1.82, 2.24) is 4.98 Å². The fraction of sp³-hybridized carbons (Fsp3) is 0.150. The highest BCUT2D eigenvalue weighted by Crippen LogP contribution is 2.16. The van der Waals surface area contributed by atoms with Gasteiger partial charge in [0.05, 0.1) is 0 Å². The maximum Gasteiger partial charge on any atom is 0.300 e. The SMILES string of the molecule is CC(=O)O.CN(C)c1ccc(NC(=O)c2c[nH]c3ccccc3c2=O)cc1. The first-order chi connectivity index (χ1) is 12.8. The number of rotatable bonds is 3. The second-order valence-electron chi connectivity index (χ2n) is 5.99. The lowest BCUT2D eigenvalue weighted by Gasteiger charge is -2.13. The number of carbonyl (C=O) groups is 2. The minimum absolute atomic E-state index is 0.0976. The van der Waals surface area contributed by atoms with Crippen molar-refractivity contribution in [3.8, 4) is 0 Å². The van der Waals surface area contributed by atoms with Crippen molar-refractivity contribution in [3.05, 3.63) is 70.5 Å². The molecule has 3 N–H and O–H groups in total. The highest BCUT2D eigenvalue weighted by atomic mass is 16.4. The molecule has 0 fully saturated rings. The number of carboxylic acid groups (broad SMARTS) is 1. The van der Waals surface area contributed by atoms with Crippen LogP contribution >= 0.6 is 0 Å². The number of aromatic amines is 1. The Morgan fingerprint density at radius 3 is 2.22 bits per heavy atom. The Kier molecular flexibility index (Phi) is 6.32. The van der Waals surface area contributed by atoms with Crippen molar-refractivity contribution in [2.24, 2.45) is 0 Å². The number of carbonyl (C=O) groups excluding carboxylic acids is 1. The molecule has 0 atom stereocenters. The van der Waals surface area contributed by atoms with Crippen LogP contribution in [0.1, 0.15) is 17.3 Å². The van der Waals surface area contributed by atoms with E-state index in [-0.39, 0.29) is 11.0 Å². The molecule has 0 aliphatic rings. The van der Waals surface area contributed by atoms with E-state index < -0.39 is 11.9 Å². The van der Waals surface area contributed by atoms with E-state index in [4.69, 9.17) is 9.90 Å². The van der Waals surface area contributed by atoms with Crippen molar-refractivity contribution in [2.75, 3.05) is 24.3 Å². The van der Waals surface area contributed by atoms with E-state index in [9.17, 15) is 9.59 Å². The summed E-state index contributed by atoms with van der Waals surface area (Å²) < 4.78 is 0. The Morgan fingerprint density at radius 1 is 1.04 bits per heavy atom. The van der Waals surface area contributed by atoms with Crippen molar-refractivity contribution < 1.29 is 14.7 Å². The van der Waals surface area contributed by atoms with Gasteiger partial charge in [0.1, 0.15) is 5.56 Å². The molecule has 0 spiro atoms. The number of aromatic nitrogens is 1. The molecule has 7 heteroatoms. The van der Waals surface area contributed by atoms with Gasteiger partial charge in [-0.15, -0.1) is 0 Å².